The Morgan fingerprint density at radius 3 is 3.05 bits per heavy atom. The van der Waals surface area contributed by atoms with Crippen molar-refractivity contribution in [3.8, 4) is 5.75 Å². The zero-order valence-electron chi connectivity index (χ0n) is 12.7. The normalized spacial score (nSPS) is 25.9. The van der Waals surface area contributed by atoms with Crippen molar-refractivity contribution in [3.63, 3.8) is 0 Å². The Hall–Kier alpha value is -1.02. The van der Waals surface area contributed by atoms with Crippen molar-refractivity contribution in [3.05, 3.63) is 29.3 Å². The Labute approximate surface area is 122 Å². The van der Waals surface area contributed by atoms with E-state index in [0.717, 1.165) is 19.6 Å². The van der Waals surface area contributed by atoms with Crippen LogP contribution in [0.5, 0.6) is 5.75 Å². The van der Waals surface area contributed by atoms with Crippen LogP contribution in [0, 0.1) is 0 Å². The molecule has 20 heavy (non-hydrogen) atoms. The van der Waals surface area contributed by atoms with E-state index >= 15 is 0 Å². The van der Waals surface area contributed by atoms with E-state index in [1.54, 1.807) is 0 Å². The summed E-state index contributed by atoms with van der Waals surface area (Å²) < 4.78 is 5.92. The quantitative estimate of drug-likeness (QED) is 0.836. The van der Waals surface area contributed by atoms with Gasteiger partial charge in [0.2, 0.25) is 0 Å². The average molecular weight is 273 g/mol. The molecule has 2 unspecified atom stereocenters. The van der Waals surface area contributed by atoms with Crippen LogP contribution in [0.1, 0.15) is 62.5 Å². The maximum Gasteiger partial charge on any atom is 0.126 e. The zero-order chi connectivity index (χ0) is 13.8. The van der Waals surface area contributed by atoms with Gasteiger partial charge in [-0.2, -0.15) is 0 Å². The summed E-state index contributed by atoms with van der Waals surface area (Å²) in [5.74, 6) is 1.90. The van der Waals surface area contributed by atoms with Gasteiger partial charge in [0.1, 0.15) is 5.75 Å². The molecule has 0 bridgehead atoms. The van der Waals surface area contributed by atoms with E-state index in [4.69, 9.17) is 4.74 Å². The molecule has 1 aromatic carbocycles. The summed E-state index contributed by atoms with van der Waals surface area (Å²) in [5.41, 5.74) is 2.90. The van der Waals surface area contributed by atoms with E-state index in [9.17, 15) is 0 Å². The van der Waals surface area contributed by atoms with Gasteiger partial charge in [0.15, 0.2) is 0 Å². The number of nitrogens with one attached hydrogen (secondary N) is 1. The molecule has 3 rings (SSSR count). The summed E-state index contributed by atoms with van der Waals surface area (Å²) in [6.45, 7) is 4.27. The average Bonchev–Trinajstić information content (AvgIpc) is 2.83. The Bertz CT molecular complexity index is 443. The van der Waals surface area contributed by atoms with E-state index in [2.05, 4.69) is 30.4 Å². The first-order chi connectivity index (χ1) is 9.88. The fourth-order valence-electron chi connectivity index (χ4n) is 3.74. The van der Waals surface area contributed by atoms with E-state index in [-0.39, 0.29) is 0 Å². The van der Waals surface area contributed by atoms with Crippen molar-refractivity contribution >= 4 is 0 Å². The minimum absolute atomic E-state index is 0.680. The van der Waals surface area contributed by atoms with Gasteiger partial charge in [-0.25, -0.2) is 0 Å². The van der Waals surface area contributed by atoms with Crippen molar-refractivity contribution in [2.75, 3.05) is 13.2 Å². The fraction of sp³-hybridized carbons (Fsp3) is 0.667. The summed E-state index contributed by atoms with van der Waals surface area (Å²) in [7, 11) is 0. The molecule has 1 aromatic rings. The SMILES string of the molecule is CCCNC1CCCCC(c2cccc3c2OCC3)C1. The van der Waals surface area contributed by atoms with Crippen LogP contribution < -0.4 is 10.1 Å². The topological polar surface area (TPSA) is 21.3 Å². The van der Waals surface area contributed by atoms with Gasteiger partial charge in [-0.15, -0.1) is 0 Å². The Morgan fingerprint density at radius 2 is 2.15 bits per heavy atom. The van der Waals surface area contributed by atoms with Gasteiger partial charge < -0.3 is 10.1 Å². The second-order valence-corrected chi connectivity index (χ2v) is 6.30. The molecule has 0 radical (unpaired) electrons. The third-order valence-corrected chi connectivity index (χ3v) is 4.79. The lowest BCUT2D eigenvalue weighted by Gasteiger charge is -2.23. The first-order valence-electron chi connectivity index (χ1n) is 8.36. The van der Waals surface area contributed by atoms with Gasteiger partial charge in [-0.1, -0.05) is 38.0 Å². The first kappa shape index (κ1) is 13.9. The number of fused-ring (bicyclic) bond motifs is 1. The Balaban J connectivity index is 1.76. The van der Waals surface area contributed by atoms with Crippen molar-refractivity contribution in [2.45, 2.75) is 63.8 Å². The van der Waals surface area contributed by atoms with E-state index in [0.29, 0.717) is 12.0 Å². The molecule has 110 valence electrons. The minimum Gasteiger partial charge on any atom is -0.493 e. The van der Waals surface area contributed by atoms with Crippen molar-refractivity contribution in [1.82, 2.24) is 5.32 Å². The first-order valence-corrected chi connectivity index (χ1v) is 8.36. The smallest absolute Gasteiger partial charge is 0.126 e. The largest absolute Gasteiger partial charge is 0.493 e. The molecule has 0 spiro atoms. The third kappa shape index (κ3) is 3.01. The highest BCUT2D eigenvalue weighted by Gasteiger charge is 2.26. The number of ether oxygens (including phenoxy) is 1. The number of hydrogen-bond acceptors (Lipinski definition) is 2. The highest BCUT2D eigenvalue weighted by atomic mass is 16.5. The standard InChI is InChI=1S/C18H27NO/c1-2-11-19-16-8-4-3-6-15(13-16)17-9-5-7-14-10-12-20-18(14)17/h5,7,9,15-16,19H,2-4,6,8,10-13H2,1H3. The van der Waals surface area contributed by atoms with Crippen molar-refractivity contribution < 1.29 is 4.74 Å². The highest BCUT2D eigenvalue weighted by molar-refractivity contribution is 5.46. The van der Waals surface area contributed by atoms with Gasteiger partial charge in [0.25, 0.3) is 0 Å². The number of benzene rings is 1. The number of rotatable bonds is 4. The molecule has 2 atom stereocenters. The van der Waals surface area contributed by atoms with Crippen LogP contribution >= 0.6 is 0 Å². The molecule has 1 aliphatic carbocycles. The molecule has 1 saturated carbocycles. The number of hydrogen-bond donors (Lipinski definition) is 1. The maximum atomic E-state index is 5.92. The van der Waals surface area contributed by atoms with Crippen LogP contribution in [-0.2, 0) is 6.42 Å². The second-order valence-electron chi connectivity index (χ2n) is 6.30. The van der Waals surface area contributed by atoms with Crippen LogP contribution in [0.4, 0.5) is 0 Å². The van der Waals surface area contributed by atoms with Crippen LogP contribution in [0.2, 0.25) is 0 Å². The molecule has 1 fully saturated rings. The van der Waals surface area contributed by atoms with Crippen LogP contribution in [0.25, 0.3) is 0 Å². The second kappa shape index (κ2) is 6.62. The zero-order valence-corrected chi connectivity index (χ0v) is 12.7. The van der Waals surface area contributed by atoms with Gasteiger partial charge >= 0.3 is 0 Å². The molecule has 1 heterocycles. The summed E-state index contributed by atoms with van der Waals surface area (Å²) in [6.07, 6.45) is 8.99. The monoisotopic (exact) mass is 273 g/mol. The van der Waals surface area contributed by atoms with E-state index in [1.165, 1.54) is 55.4 Å². The summed E-state index contributed by atoms with van der Waals surface area (Å²) in [6, 6.07) is 7.45. The van der Waals surface area contributed by atoms with Gasteiger partial charge in [-0.05, 0) is 49.3 Å². The molecular formula is C18H27NO. The molecule has 1 aliphatic heterocycles. The molecule has 0 aromatic heterocycles. The van der Waals surface area contributed by atoms with E-state index in [1.807, 2.05) is 0 Å². The maximum absolute atomic E-state index is 5.92. The summed E-state index contributed by atoms with van der Waals surface area (Å²) >= 11 is 0. The molecule has 2 nitrogen and oxygen atoms in total. The predicted octanol–water partition coefficient (Wildman–Crippen LogP) is 4.04. The van der Waals surface area contributed by atoms with Crippen LogP contribution in [-0.4, -0.2) is 19.2 Å². The van der Waals surface area contributed by atoms with E-state index < -0.39 is 0 Å². The number of para-hydroxylation sites is 1. The van der Waals surface area contributed by atoms with Crippen molar-refractivity contribution in [2.24, 2.45) is 0 Å². The van der Waals surface area contributed by atoms with Crippen LogP contribution in [0.15, 0.2) is 18.2 Å². The molecule has 0 amide bonds. The fourth-order valence-corrected chi connectivity index (χ4v) is 3.74. The van der Waals surface area contributed by atoms with Crippen LogP contribution in [0.3, 0.4) is 0 Å². The highest BCUT2D eigenvalue weighted by Crippen LogP contribution is 2.40. The summed E-state index contributed by atoms with van der Waals surface area (Å²) in [5, 5.41) is 3.74. The minimum atomic E-state index is 0.680. The molecule has 1 N–H and O–H groups in total. The lowest BCUT2D eigenvalue weighted by Crippen LogP contribution is -2.30. The lowest BCUT2D eigenvalue weighted by atomic mass is 9.88. The Morgan fingerprint density at radius 1 is 1.25 bits per heavy atom. The molecular weight excluding hydrogens is 246 g/mol. The molecule has 2 aliphatic rings. The van der Waals surface area contributed by atoms with Gasteiger partial charge in [-0.3, -0.25) is 0 Å². The molecule has 0 saturated heterocycles. The van der Waals surface area contributed by atoms with Crippen molar-refractivity contribution in [1.29, 1.82) is 0 Å². The Kier molecular flexibility index (Phi) is 4.62. The predicted molar refractivity (Wildman–Crippen MR) is 83.5 cm³/mol. The van der Waals surface area contributed by atoms with Gasteiger partial charge in [0.05, 0.1) is 6.61 Å². The lowest BCUT2D eigenvalue weighted by molar-refractivity contribution is 0.347. The molecule has 2 heteroatoms. The summed E-state index contributed by atoms with van der Waals surface area (Å²) in [4.78, 5) is 0. The van der Waals surface area contributed by atoms with Gasteiger partial charge in [0, 0.05) is 12.5 Å². The third-order valence-electron chi connectivity index (χ3n) is 4.79.